The Morgan fingerprint density at radius 1 is 0.923 bits per heavy atom. The van der Waals surface area contributed by atoms with E-state index >= 15 is 0 Å². The zero-order chi connectivity index (χ0) is 19.2. The predicted molar refractivity (Wildman–Crippen MR) is 105 cm³/mol. The fourth-order valence-electron chi connectivity index (χ4n) is 4.15. The molecule has 26 heavy (non-hydrogen) atoms. The van der Waals surface area contributed by atoms with Crippen molar-refractivity contribution in [2.75, 3.05) is 6.61 Å². The molecule has 0 radical (unpaired) electrons. The quantitative estimate of drug-likeness (QED) is 0.303. The standard InChI is InChI=1S/C22H40O4/c1-3-5-7-12-18(11-4-2)13-8-6-9-16-26-22(25)20-15-10-14-19(17-20)21(23)24/h18-20H,3-17H2,1-2H3,(H,23,24). The van der Waals surface area contributed by atoms with Gasteiger partial charge in [0.05, 0.1) is 18.4 Å². The van der Waals surface area contributed by atoms with E-state index in [1.807, 2.05) is 0 Å². The minimum atomic E-state index is -0.775. The number of carboxylic acids is 1. The first-order valence-electron chi connectivity index (χ1n) is 11.0. The number of ether oxygens (including phenoxy) is 1. The number of carbonyl (C=O) groups is 2. The zero-order valence-electron chi connectivity index (χ0n) is 17.0. The van der Waals surface area contributed by atoms with Crippen LogP contribution in [-0.4, -0.2) is 23.7 Å². The number of rotatable bonds is 14. The van der Waals surface area contributed by atoms with Crippen LogP contribution in [0.3, 0.4) is 0 Å². The average Bonchev–Trinajstić information content (AvgIpc) is 2.64. The van der Waals surface area contributed by atoms with Gasteiger partial charge in [0.25, 0.3) is 0 Å². The largest absolute Gasteiger partial charge is 0.481 e. The molecule has 1 aliphatic rings. The van der Waals surface area contributed by atoms with E-state index < -0.39 is 5.97 Å². The van der Waals surface area contributed by atoms with E-state index in [2.05, 4.69) is 13.8 Å². The van der Waals surface area contributed by atoms with Gasteiger partial charge in [-0.1, -0.05) is 78.1 Å². The van der Waals surface area contributed by atoms with Crippen LogP contribution >= 0.6 is 0 Å². The normalized spacial score (nSPS) is 21.3. The van der Waals surface area contributed by atoms with Crippen molar-refractivity contribution in [3.63, 3.8) is 0 Å². The molecule has 1 saturated carbocycles. The van der Waals surface area contributed by atoms with Gasteiger partial charge in [-0.05, 0) is 31.6 Å². The summed E-state index contributed by atoms with van der Waals surface area (Å²) in [6, 6.07) is 0. The van der Waals surface area contributed by atoms with Crippen molar-refractivity contribution >= 4 is 11.9 Å². The first-order valence-corrected chi connectivity index (χ1v) is 11.0. The summed E-state index contributed by atoms with van der Waals surface area (Å²) in [7, 11) is 0. The molecule has 0 aromatic rings. The minimum absolute atomic E-state index is 0.181. The number of carbonyl (C=O) groups excluding carboxylic acids is 1. The number of unbranched alkanes of at least 4 members (excludes halogenated alkanes) is 4. The van der Waals surface area contributed by atoms with E-state index in [-0.39, 0.29) is 17.8 Å². The van der Waals surface area contributed by atoms with Crippen LogP contribution in [0.4, 0.5) is 0 Å². The van der Waals surface area contributed by atoms with E-state index in [9.17, 15) is 9.59 Å². The van der Waals surface area contributed by atoms with Gasteiger partial charge in [-0.3, -0.25) is 9.59 Å². The van der Waals surface area contributed by atoms with Crippen molar-refractivity contribution in [3.05, 3.63) is 0 Å². The Bertz CT molecular complexity index is 394. The number of carboxylic acid groups (broad SMARTS) is 1. The van der Waals surface area contributed by atoms with Gasteiger partial charge in [-0.15, -0.1) is 0 Å². The summed E-state index contributed by atoms with van der Waals surface area (Å²) in [4.78, 5) is 23.2. The van der Waals surface area contributed by atoms with Crippen LogP contribution < -0.4 is 0 Å². The molecule has 1 fully saturated rings. The monoisotopic (exact) mass is 368 g/mol. The van der Waals surface area contributed by atoms with Crippen LogP contribution in [0.15, 0.2) is 0 Å². The molecule has 3 unspecified atom stereocenters. The third kappa shape index (κ3) is 9.59. The molecular formula is C22H40O4. The van der Waals surface area contributed by atoms with Gasteiger partial charge < -0.3 is 9.84 Å². The highest BCUT2D eigenvalue weighted by Gasteiger charge is 2.31. The lowest BCUT2D eigenvalue weighted by Gasteiger charge is -2.25. The van der Waals surface area contributed by atoms with Crippen molar-refractivity contribution in [3.8, 4) is 0 Å². The van der Waals surface area contributed by atoms with E-state index in [4.69, 9.17) is 9.84 Å². The summed E-state index contributed by atoms with van der Waals surface area (Å²) in [6.07, 6.45) is 15.3. The summed E-state index contributed by atoms with van der Waals surface area (Å²) in [5.74, 6) is -0.673. The van der Waals surface area contributed by atoms with E-state index in [1.165, 1.54) is 51.4 Å². The summed E-state index contributed by atoms with van der Waals surface area (Å²) < 4.78 is 5.41. The Morgan fingerprint density at radius 2 is 1.62 bits per heavy atom. The van der Waals surface area contributed by atoms with Crippen molar-refractivity contribution < 1.29 is 19.4 Å². The molecule has 0 heterocycles. The molecule has 0 aromatic heterocycles. The van der Waals surface area contributed by atoms with Gasteiger partial charge in [-0.2, -0.15) is 0 Å². The van der Waals surface area contributed by atoms with Gasteiger partial charge in [0, 0.05) is 0 Å². The summed E-state index contributed by atoms with van der Waals surface area (Å²) in [6.45, 7) is 5.01. The summed E-state index contributed by atoms with van der Waals surface area (Å²) in [5, 5.41) is 9.11. The van der Waals surface area contributed by atoms with Gasteiger partial charge in [0.15, 0.2) is 0 Å². The molecule has 0 aromatic carbocycles. The Hall–Kier alpha value is -1.06. The molecule has 4 nitrogen and oxygen atoms in total. The average molecular weight is 369 g/mol. The molecule has 3 atom stereocenters. The van der Waals surface area contributed by atoms with Gasteiger partial charge in [0.2, 0.25) is 0 Å². The van der Waals surface area contributed by atoms with E-state index in [0.29, 0.717) is 19.4 Å². The highest BCUT2D eigenvalue weighted by atomic mass is 16.5. The molecule has 1 aliphatic carbocycles. The molecular weight excluding hydrogens is 328 g/mol. The number of hydrogen-bond donors (Lipinski definition) is 1. The van der Waals surface area contributed by atoms with Gasteiger partial charge in [0.1, 0.15) is 0 Å². The topological polar surface area (TPSA) is 63.6 Å². The molecule has 4 heteroatoms. The van der Waals surface area contributed by atoms with Crippen LogP contribution in [0.1, 0.15) is 104 Å². The Kier molecular flexibility index (Phi) is 12.4. The molecule has 0 bridgehead atoms. The molecule has 1 rings (SSSR count). The van der Waals surface area contributed by atoms with E-state index in [0.717, 1.165) is 31.6 Å². The zero-order valence-corrected chi connectivity index (χ0v) is 17.0. The molecule has 0 spiro atoms. The minimum Gasteiger partial charge on any atom is -0.481 e. The number of hydrogen-bond acceptors (Lipinski definition) is 3. The van der Waals surface area contributed by atoms with Crippen molar-refractivity contribution in [1.82, 2.24) is 0 Å². The maximum Gasteiger partial charge on any atom is 0.308 e. The second kappa shape index (κ2) is 14.1. The van der Waals surface area contributed by atoms with Crippen LogP contribution in [0, 0.1) is 17.8 Å². The predicted octanol–water partition coefficient (Wildman–Crippen LogP) is 5.98. The lowest BCUT2D eigenvalue weighted by atomic mass is 9.81. The SMILES string of the molecule is CCCCCC(CCC)CCCCCOC(=O)C1CCCC(C(=O)O)C1. The molecule has 0 aliphatic heterocycles. The van der Waals surface area contributed by atoms with Gasteiger partial charge in [-0.25, -0.2) is 0 Å². The second-order valence-electron chi connectivity index (χ2n) is 8.07. The molecule has 1 N–H and O–H groups in total. The Labute approximate surface area is 160 Å². The van der Waals surface area contributed by atoms with Crippen LogP contribution in [-0.2, 0) is 14.3 Å². The van der Waals surface area contributed by atoms with Gasteiger partial charge >= 0.3 is 11.9 Å². The third-order valence-corrected chi connectivity index (χ3v) is 5.77. The summed E-state index contributed by atoms with van der Waals surface area (Å²) in [5.41, 5.74) is 0. The maximum atomic E-state index is 12.1. The van der Waals surface area contributed by atoms with E-state index in [1.54, 1.807) is 0 Å². The smallest absolute Gasteiger partial charge is 0.308 e. The van der Waals surface area contributed by atoms with Crippen LogP contribution in [0.2, 0.25) is 0 Å². The number of esters is 1. The fraction of sp³-hybridized carbons (Fsp3) is 0.909. The Morgan fingerprint density at radius 3 is 2.27 bits per heavy atom. The second-order valence-corrected chi connectivity index (χ2v) is 8.07. The van der Waals surface area contributed by atoms with Crippen LogP contribution in [0.25, 0.3) is 0 Å². The molecule has 0 amide bonds. The van der Waals surface area contributed by atoms with Crippen molar-refractivity contribution in [2.45, 2.75) is 104 Å². The third-order valence-electron chi connectivity index (χ3n) is 5.77. The molecule has 152 valence electrons. The first kappa shape index (κ1) is 23.0. The fourth-order valence-corrected chi connectivity index (χ4v) is 4.15. The lowest BCUT2D eigenvalue weighted by Crippen LogP contribution is -2.28. The first-order chi connectivity index (χ1) is 12.6. The lowest BCUT2D eigenvalue weighted by molar-refractivity contribution is -0.152. The van der Waals surface area contributed by atoms with Crippen molar-refractivity contribution in [1.29, 1.82) is 0 Å². The highest BCUT2D eigenvalue weighted by Crippen LogP contribution is 2.30. The molecule has 0 saturated heterocycles. The number of aliphatic carboxylic acids is 1. The summed E-state index contributed by atoms with van der Waals surface area (Å²) >= 11 is 0. The van der Waals surface area contributed by atoms with Crippen LogP contribution in [0.5, 0.6) is 0 Å². The highest BCUT2D eigenvalue weighted by molar-refractivity contribution is 5.75. The maximum absolute atomic E-state index is 12.1. The Balaban J connectivity index is 2.11. The van der Waals surface area contributed by atoms with Crippen molar-refractivity contribution in [2.24, 2.45) is 17.8 Å².